The van der Waals surface area contributed by atoms with Crippen molar-refractivity contribution in [3.05, 3.63) is 71.3 Å². The zero-order valence-electron chi connectivity index (χ0n) is 12.9. The lowest BCUT2D eigenvalue weighted by molar-refractivity contribution is -0.113. The Labute approximate surface area is 153 Å². The summed E-state index contributed by atoms with van der Waals surface area (Å²) in [6.45, 7) is 0. The first-order valence-electron chi connectivity index (χ1n) is 7.54. The van der Waals surface area contributed by atoms with Crippen molar-refractivity contribution in [3.8, 4) is 5.75 Å². The number of thiocarbonyl (C=S) groups is 1. The van der Waals surface area contributed by atoms with Gasteiger partial charge in [-0.25, -0.2) is 0 Å². The monoisotopic (exact) mass is 364 g/mol. The van der Waals surface area contributed by atoms with Gasteiger partial charge >= 0.3 is 0 Å². The van der Waals surface area contributed by atoms with Crippen molar-refractivity contribution in [2.75, 3.05) is 4.90 Å². The Bertz CT molecular complexity index is 1020. The van der Waals surface area contributed by atoms with E-state index in [1.807, 2.05) is 36.4 Å². The number of para-hydroxylation sites is 1. The average Bonchev–Trinajstić information content (AvgIpc) is 2.90. The number of rotatable bonds is 2. The zero-order valence-corrected chi connectivity index (χ0v) is 14.6. The van der Waals surface area contributed by atoms with Crippen LogP contribution in [0.4, 0.5) is 5.69 Å². The number of nitrogens with zero attached hydrogens (tertiary/aromatic N) is 2. The van der Waals surface area contributed by atoms with Crippen molar-refractivity contribution in [1.29, 1.82) is 0 Å². The van der Waals surface area contributed by atoms with Crippen molar-refractivity contribution in [2.45, 2.75) is 0 Å². The molecule has 0 unspecified atom stereocenters. The highest BCUT2D eigenvalue weighted by atomic mass is 32.2. The molecule has 122 valence electrons. The molecule has 25 heavy (non-hydrogen) atoms. The second kappa shape index (κ2) is 6.31. The van der Waals surface area contributed by atoms with Crippen LogP contribution < -0.4 is 4.90 Å². The number of phenols is 1. The second-order valence-corrected chi connectivity index (χ2v) is 7.13. The van der Waals surface area contributed by atoms with E-state index in [4.69, 9.17) is 12.2 Å². The Balaban J connectivity index is 1.74. The van der Waals surface area contributed by atoms with Crippen molar-refractivity contribution in [1.82, 2.24) is 4.98 Å². The van der Waals surface area contributed by atoms with Gasteiger partial charge in [-0.3, -0.25) is 14.7 Å². The predicted octanol–water partition coefficient (Wildman–Crippen LogP) is 4.35. The first-order valence-corrected chi connectivity index (χ1v) is 8.77. The number of amides is 1. The van der Waals surface area contributed by atoms with Crippen LogP contribution in [0.1, 0.15) is 5.56 Å². The van der Waals surface area contributed by atoms with Gasteiger partial charge in [0.15, 0.2) is 4.32 Å². The molecule has 1 saturated heterocycles. The highest BCUT2D eigenvalue weighted by Gasteiger charge is 2.33. The van der Waals surface area contributed by atoms with E-state index in [1.165, 1.54) is 28.8 Å². The first-order chi connectivity index (χ1) is 12.1. The van der Waals surface area contributed by atoms with E-state index >= 15 is 0 Å². The Morgan fingerprint density at radius 1 is 1.08 bits per heavy atom. The molecule has 1 aliphatic heterocycles. The zero-order chi connectivity index (χ0) is 17.4. The number of carbonyl (C=O) groups excluding carboxylic acids is 1. The molecule has 6 heteroatoms. The Hall–Kier alpha value is -2.70. The number of anilines is 1. The molecule has 3 aromatic rings. The molecule has 0 radical (unpaired) electrons. The molecule has 1 aliphatic rings. The van der Waals surface area contributed by atoms with Crippen molar-refractivity contribution in [3.63, 3.8) is 0 Å². The standard InChI is InChI=1S/C19H12N2O2S2/c22-14-7-5-13(6-8-14)21-18(23)17(25-19(21)24)11-12-9-10-20-16-4-2-1-3-15(12)16/h1-11,22H. The third kappa shape index (κ3) is 2.90. The van der Waals surface area contributed by atoms with E-state index < -0.39 is 0 Å². The summed E-state index contributed by atoms with van der Waals surface area (Å²) < 4.78 is 0.473. The van der Waals surface area contributed by atoms with Gasteiger partial charge in [-0.1, -0.05) is 42.2 Å². The van der Waals surface area contributed by atoms with E-state index in [9.17, 15) is 9.90 Å². The number of benzene rings is 2. The molecule has 2 heterocycles. The summed E-state index contributed by atoms with van der Waals surface area (Å²) in [4.78, 5) is 19.2. The quantitative estimate of drug-likeness (QED) is 0.541. The van der Waals surface area contributed by atoms with Gasteiger partial charge in [-0.15, -0.1) is 0 Å². The van der Waals surface area contributed by atoms with Crippen LogP contribution in [-0.2, 0) is 4.79 Å². The fourth-order valence-electron chi connectivity index (χ4n) is 2.68. The van der Waals surface area contributed by atoms with E-state index in [0.717, 1.165) is 16.5 Å². The van der Waals surface area contributed by atoms with Crippen LogP contribution in [-0.4, -0.2) is 20.3 Å². The topological polar surface area (TPSA) is 53.4 Å². The van der Waals surface area contributed by atoms with Crippen LogP contribution in [0.3, 0.4) is 0 Å². The van der Waals surface area contributed by atoms with E-state index in [1.54, 1.807) is 18.3 Å². The number of pyridine rings is 1. The number of hydrogen-bond donors (Lipinski definition) is 1. The maximum atomic E-state index is 12.8. The number of aromatic hydroxyl groups is 1. The number of fused-ring (bicyclic) bond motifs is 1. The molecule has 4 nitrogen and oxygen atoms in total. The van der Waals surface area contributed by atoms with Gasteiger partial charge in [0, 0.05) is 11.6 Å². The Kier molecular flexibility index (Phi) is 3.99. The van der Waals surface area contributed by atoms with Gasteiger partial charge in [-0.2, -0.15) is 0 Å². The van der Waals surface area contributed by atoms with Crippen LogP contribution in [0.5, 0.6) is 5.75 Å². The van der Waals surface area contributed by atoms with Crippen molar-refractivity contribution >= 4 is 56.9 Å². The molecule has 2 aromatic carbocycles. The lowest BCUT2D eigenvalue weighted by Gasteiger charge is -2.14. The summed E-state index contributed by atoms with van der Waals surface area (Å²) in [6, 6.07) is 16.1. The number of hydrogen-bond acceptors (Lipinski definition) is 5. The Morgan fingerprint density at radius 3 is 2.64 bits per heavy atom. The van der Waals surface area contributed by atoms with Gasteiger partial charge in [0.1, 0.15) is 5.75 Å². The fourth-order valence-corrected chi connectivity index (χ4v) is 3.97. The molecule has 1 amide bonds. The molecular formula is C19H12N2O2S2. The maximum absolute atomic E-state index is 12.8. The molecule has 0 bridgehead atoms. The largest absolute Gasteiger partial charge is 0.508 e. The molecule has 1 fully saturated rings. The maximum Gasteiger partial charge on any atom is 0.270 e. The number of aromatic nitrogens is 1. The minimum atomic E-state index is -0.165. The smallest absolute Gasteiger partial charge is 0.270 e. The summed E-state index contributed by atoms with van der Waals surface area (Å²) in [5, 5.41) is 10.4. The molecule has 1 aromatic heterocycles. The lowest BCUT2D eigenvalue weighted by atomic mass is 10.1. The van der Waals surface area contributed by atoms with E-state index in [0.29, 0.717) is 14.9 Å². The minimum Gasteiger partial charge on any atom is -0.508 e. The average molecular weight is 364 g/mol. The van der Waals surface area contributed by atoms with Crippen LogP contribution in [0.25, 0.3) is 17.0 Å². The normalized spacial score (nSPS) is 16.2. The van der Waals surface area contributed by atoms with Crippen LogP contribution >= 0.6 is 24.0 Å². The Morgan fingerprint density at radius 2 is 1.84 bits per heavy atom. The molecule has 0 aliphatic carbocycles. The van der Waals surface area contributed by atoms with Gasteiger partial charge in [0.05, 0.1) is 16.1 Å². The molecular weight excluding hydrogens is 352 g/mol. The summed E-state index contributed by atoms with van der Waals surface area (Å²) in [6.07, 6.45) is 3.58. The van der Waals surface area contributed by atoms with Crippen molar-refractivity contribution < 1.29 is 9.90 Å². The molecule has 0 spiro atoms. The summed E-state index contributed by atoms with van der Waals surface area (Å²) in [5.41, 5.74) is 2.45. The van der Waals surface area contributed by atoms with E-state index in [-0.39, 0.29) is 11.7 Å². The predicted molar refractivity (Wildman–Crippen MR) is 106 cm³/mol. The molecule has 0 saturated carbocycles. The van der Waals surface area contributed by atoms with Crippen molar-refractivity contribution in [2.24, 2.45) is 0 Å². The third-order valence-electron chi connectivity index (χ3n) is 3.87. The highest BCUT2D eigenvalue weighted by molar-refractivity contribution is 8.27. The number of phenolic OH excluding ortho intramolecular Hbond substituents is 1. The van der Waals surface area contributed by atoms with Gasteiger partial charge in [0.25, 0.3) is 5.91 Å². The molecule has 4 rings (SSSR count). The van der Waals surface area contributed by atoms with Gasteiger partial charge < -0.3 is 5.11 Å². The van der Waals surface area contributed by atoms with Gasteiger partial charge in [0.2, 0.25) is 0 Å². The third-order valence-corrected chi connectivity index (χ3v) is 5.17. The van der Waals surface area contributed by atoms with Crippen LogP contribution in [0.2, 0.25) is 0 Å². The highest BCUT2D eigenvalue weighted by Crippen LogP contribution is 2.37. The van der Waals surface area contributed by atoms with Crippen LogP contribution in [0.15, 0.2) is 65.7 Å². The first kappa shape index (κ1) is 15.8. The van der Waals surface area contributed by atoms with Crippen LogP contribution in [0, 0.1) is 0 Å². The van der Waals surface area contributed by atoms with Gasteiger partial charge in [-0.05, 0) is 48.0 Å². The second-order valence-electron chi connectivity index (χ2n) is 5.45. The summed E-state index contributed by atoms with van der Waals surface area (Å²) in [5.74, 6) is -0.0189. The minimum absolute atomic E-state index is 0.146. The number of carbonyl (C=O) groups is 1. The van der Waals surface area contributed by atoms with E-state index in [2.05, 4.69) is 4.98 Å². The lowest BCUT2D eigenvalue weighted by Crippen LogP contribution is -2.27. The molecule has 0 atom stereocenters. The summed E-state index contributed by atoms with van der Waals surface area (Å²) >= 11 is 6.64. The summed E-state index contributed by atoms with van der Waals surface area (Å²) in [7, 11) is 0. The SMILES string of the molecule is O=C1C(=Cc2ccnc3ccccc23)SC(=S)N1c1ccc(O)cc1. The fraction of sp³-hybridized carbons (Fsp3) is 0. The molecule has 1 N–H and O–H groups in total. The number of thioether (sulfide) groups is 1.